The number of halogens is 2. The van der Waals surface area contributed by atoms with Crippen LogP contribution in [0.25, 0.3) is 0 Å². The van der Waals surface area contributed by atoms with E-state index < -0.39 is 17.9 Å². The number of aliphatic hydroxyl groups excluding tert-OH is 1. The van der Waals surface area contributed by atoms with Crippen LogP contribution in [0.5, 0.6) is 0 Å². The largest absolute Gasteiger partial charge is 0.396 e. The first-order valence-electron chi connectivity index (χ1n) is 3.29. The fraction of sp³-hybridized carbons (Fsp3) is 1.00. The van der Waals surface area contributed by atoms with Gasteiger partial charge in [-0.1, -0.05) is 0 Å². The van der Waals surface area contributed by atoms with Crippen molar-refractivity contribution in [3.05, 3.63) is 0 Å². The average Bonchev–Trinajstić information content (AvgIpc) is 2.05. The van der Waals surface area contributed by atoms with Crippen LogP contribution in [0.15, 0.2) is 0 Å². The molecule has 0 aliphatic heterocycles. The molecule has 0 radical (unpaired) electrons. The van der Waals surface area contributed by atoms with Gasteiger partial charge in [0.25, 0.3) is 0 Å². The summed E-state index contributed by atoms with van der Waals surface area (Å²) >= 11 is 0. The highest BCUT2D eigenvalue weighted by molar-refractivity contribution is 4.90. The first kappa shape index (κ1) is 7.88. The Morgan fingerprint density at radius 3 is 2.30 bits per heavy atom. The molecular weight excluding hydrogens is 140 g/mol. The standard InChI is InChI=1S/C6H11F2NO/c7-6(8)1-4(3-10)5(9)2-6/h4-5,10H,1-3,9H2. The van der Waals surface area contributed by atoms with Crippen LogP contribution in [0.1, 0.15) is 12.8 Å². The summed E-state index contributed by atoms with van der Waals surface area (Å²) in [6.45, 7) is -0.225. The molecule has 0 aromatic rings. The average molecular weight is 151 g/mol. The highest BCUT2D eigenvalue weighted by Gasteiger charge is 2.44. The number of nitrogens with two attached hydrogens (primary N) is 1. The third-order valence-electron chi connectivity index (χ3n) is 1.94. The van der Waals surface area contributed by atoms with Gasteiger partial charge in [-0.15, -0.1) is 0 Å². The fourth-order valence-corrected chi connectivity index (χ4v) is 1.33. The molecule has 0 bridgehead atoms. The molecule has 2 nitrogen and oxygen atoms in total. The van der Waals surface area contributed by atoms with E-state index in [9.17, 15) is 8.78 Å². The van der Waals surface area contributed by atoms with E-state index in [1.807, 2.05) is 0 Å². The molecule has 1 aliphatic carbocycles. The van der Waals surface area contributed by atoms with E-state index in [1.54, 1.807) is 0 Å². The summed E-state index contributed by atoms with van der Waals surface area (Å²) in [6.07, 6.45) is -0.539. The van der Waals surface area contributed by atoms with Crippen molar-refractivity contribution in [2.24, 2.45) is 11.7 Å². The number of rotatable bonds is 1. The smallest absolute Gasteiger partial charge is 0.250 e. The van der Waals surface area contributed by atoms with Crippen LogP contribution < -0.4 is 5.73 Å². The molecule has 0 aromatic heterocycles. The van der Waals surface area contributed by atoms with Gasteiger partial charge in [0.15, 0.2) is 0 Å². The van der Waals surface area contributed by atoms with Crippen molar-refractivity contribution in [3.8, 4) is 0 Å². The lowest BCUT2D eigenvalue weighted by atomic mass is 10.1. The van der Waals surface area contributed by atoms with E-state index in [1.165, 1.54) is 0 Å². The molecule has 2 atom stereocenters. The lowest BCUT2D eigenvalue weighted by Gasteiger charge is -2.08. The first-order chi connectivity index (χ1) is 4.55. The normalized spacial score (nSPS) is 38.4. The van der Waals surface area contributed by atoms with Gasteiger partial charge in [0.1, 0.15) is 0 Å². The molecular formula is C6H11F2NO. The second kappa shape index (κ2) is 2.43. The van der Waals surface area contributed by atoms with Gasteiger partial charge in [-0.3, -0.25) is 0 Å². The Bertz CT molecular complexity index is 129. The maximum atomic E-state index is 12.4. The lowest BCUT2D eigenvalue weighted by molar-refractivity contribution is 0.00181. The Hall–Kier alpha value is -0.220. The predicted molar refractivity (Wildman–Crippen MR) is 32.7 cm³/mol. The second-order valence-corrected chi connectivity index (χ2v) is 2.87. The van der Waals surface area contributed by atoms with Gasteiger partial charge >= 0.3 is 0 Å². The Morgan fingerprint density at radius 2 is 2.10 bits per heavy atom. The Kier molecular flexibility index (Phi) is 1.92. The minimum absolute atomic E-state index is 0.225. The van der Waals surface area contributed by atoms with Crippen LogP contribution in [-0.2, 0) is 0 Å². The van der Waals surface area contributed by atoms with Crippen LogP contribution in [-0.4, -0.2) is 23.7 Å². The van der Waals surface area contributed by atoms with Crippen LogP contribution in [0, 0.1) is 5.92 Å². The van der Waals surface area contributed by atoms with Crippen molar-refractivity contribution in [2.75, 3.05) is 6.61 Å². The van der Waals surface area contributed by atoms with Crippen molar-refractivity contribution < 1.29 is 13.9 Å². The van der Waals surface area contributed by atoms with Crippen LogP contribution in [0.4, 0.5) is 8.78 Å². The monoisotopic (exact) mass is 151 g/mol. The minimum atomic E-state index is -2.65. The summed E-state index contributed by atoms with van der Waals surface area (Å²) < 4.78 is 24.9. The number of hydrogen-bond acceptors (Lipinski definition) is 2. The van der Waals surface area contributed by atoms with Crippen molar-refractivity contribution in [2.45, 2.75) is 24.8 Å². The zero-order valence-corrected chi connectivity index (χ0v) is 5.56. The Balaban J connectivity index is 2.52. The summed E-state index contributed by atoms with van der Waals surface area (Å²) in [5, 5.41) is 8.56. The minimum Gasteiger partial charge on any atom is -0.396 e. The Morgan fingerprint density at radius 1 is 1.50 bits per heavy atom. The third kappa shape index (κ3) is 1.44. The maximum Gasteiger partial charge on any atom is 0.250 e. The SMILES string of the molecule is NC1CC(F)(F)CC1CO. The molecule has 1 aliphatic rings. The topological polar surface area (TPSA) is 46.2 Å². The van der Waals surface area contributed by atoms with E-state index in [2.05, 4.69) is 0 Å². The molecule has 1 saturated carbocycles. The highest BCUT2D eigenvalue weighted by Crippen LogP contribution is 2.37. The number of alkyl halides is 2. The fourth-order valence-electron chi connectivity index (χ4n) is 1.33. The zero-order valence-electron chi connectivity index (χ0n) is 5.56. The Labute approximate surface area is 58.0 Å². The van der Waals surface area contributed by atoms with Gasteiger partial charge in [0.2, 0.25) is 5.92 Å². The summed E-state index contributed by atoms with van der Waals surface area (Å²) in [5.74, 6) is -3.05. The van der Waals surface area contributed by atoms with E-state index in [0.29, 0.717) is 0 Å². The lowest BCUT2D eigenvalue weighted by Crippen LogP contribution is -2.26. The maximum absolute atomic E-state index is 12.4. The summed E-state index contributed by atoms with van der Waals surface area (Å²) in [6, 6.07) is -0.528. The molecule has 0 heterocycles. The van der Waals surface area contributed by atoms with Crippen LogP contribution in [0.2, 0.25) is 0 Å². The molecule has 3 N–H and O–H groups in total. The van der Waals surface area contributed by atoms with Gasteiger partial charge in [-0.05, 0) is 0 Å². The number of aliphatic hydroxyl groups is 1. The van der Waals surface area contributed by atoms with E-state index >= 15 is 0 Å². The van der Waals surface area contributed by atoms with Crippen LogP contribution >= 0.6 is 0 Å². The number of hydrogen-bond donors (Lipinski definition) is 2. The summed E-state index contributed by atoms with van der Waals surface area (Å²) in [5.41, 5.74) is 5.33. The molecule has 0 spiro atoms. The molecule has 10 heavy (non-hydrogen) atoms. The van der Waals surface area contributed by atoms with E-state index in [4.69, 9.17) is 10.8 Å². The molecule has 2 unspecified atom stereocenters. The molecule has 1 fully saturated rings. The van der Waals surface area contributed by atoms with Crippen molar-refractivity contribution in [1.29, 1.82) is 0 Å². The van der Waals surface area contributed by atoms with Gasteiger partial charge in [-0.2, -0.15) is 0 Å². The molecule has 4 heteroatoms. The van der Waals surface area contributed by atoms with Gasteiger partial charge in [-0.25, -0.2) is 8.78 Å². The first-order valence-corrected chi connectivity index (χ1v) is 3.29. The molecule has 1 rings (SSSR count). The van der Waals surface area contributed by atoms with E-state index in [0.717, 1.165) is 0 Å². The van der Waals surface area contributed by atoms with Gasteiger partial charge < -0.3 is 10.8 Å². The molecule has 0 aromatic carbocycles. The molecule has 0 amide bonds. The van der Waals surface area contributed by atoms with Crippen molar-refractivity contribution in [3.63, 3.8) is 0 Å². The third-order valence-corrected chi connectivity index (χ3v) is 1.94. The van der Waals surface area contributed by atoms with Crippen LogP contribution in [0.3, 0.4) is 0 Å². The van der Waals surface area contributed by atoms with E-state index in [-0.39, 0.29) is 19.4 Å². The molecule has 0 saturated heterocycles. The summed E-state index contributed by atoms with van der Waals surface area (Å²) in [7, 11) is 0. The second-order valence-electron chi connectivity index (χ2n) is 2.87. The highest BCUT2D eigenvalue weighted by atomic mass is 19.3. The van der Waals surface area contributed by atoms with Crippen molar-refractivity contribution >= 4 is 0 Å². The van der Waals surface area contributed by atoms with Gasteiger partial charge in [0.05, 0.1) is 0 Å². The zero-order chi connectivity index (χ0) is 7.78. The summed E-state index contributed by atoms with van der Waals surface area (Å²) in [4.78, 5) is 0. The van der Waals surface area contributed by atoms with Gasteiger partial charge in [0, 0.05) is 31.4 Å². The van der Waals surface area contributed by atoms with Crippen molar-refractivity contribution in [1.82, 2.24) is 0 Å². The molecule has 60 valence electrons. The quantitative estimate of drug-likeness (QED) is 0.568. The predicted octanol–water partition coefficient (Wildman–Crippen LogP) is 0.351.